The van der Waals surface area contributed by atoms with E-state index in [2.05, 4.69) is 6.92 Å². The topological polar surface area (TPSA) is 77.4 Å². The molecule has 1 N–H and O–H groups in total. The standard InChI is InChI=1S/C22H46O4S.K/c1-3-4-19-22(23)20-17-15-13-11-9-7-5-6-8-10-12-14-16-18-21(2)27(24,25)26;/h21-23H,3-20H2,1-2H3,(H,24,25,26);/q;+1/p-1. The minimum atomic E-state index is -4.09. The van der Waals surface area contributed by atoms with Gasteiger partial charge in [-0.2, -0.15) is 0 Å². The molecule has 4 nitrogen and oxygen atoms in total. The summed E-state index contributed by atoms with van der Waals surface area (Å²) in [4.78, 5) is 0. The van der Waals surface area contributed by atoms with Crippen molar-refractivity contribution >= 4 is 10.1 Å². The van der Waals surface area contributed by atoms with E-state index in [0.717, 1.165) is 38.5 Å². The molecule has 28 heavy (non-hydrogen) atoms. The van der Waals surface area contributed by atoms with E-state index in [1.807, 2.05) is 0 Å². The fourth-order valence-corrected chi connectivity index (χ4v) is 3.94. The Labute approximate surface area is 218 Å². The maximum Gasteiger partial charge on any atom is 1.00 e. The molecule has 2 atom stereocenters. The smallest absolute Gasteiger partial charge is 0.748 e. The van der Waals surface area contributed by atoms with E-state index < -0.39 is 15.4 Å². The van der Waals surface area contributed by atoms with Gasteiger partial charge >= 0.3 is 51.4 Å². The van der Waals surface area contributed by atoms with Crippen LogP contribution in [0, 0.1) is 0 Å². The average Bonchev–Trinajstić information content (AvgIpc) is 2.62. The maximum atomic E-state index is 10.8. The van der Waals surface area contributed by atoms with Crippen molar-refractivity contribution in [3.8, 4) is 0 Å². The van der Waals surface area contributed by atoms with E-state index in [0.29, 0.717) is 6.42 Å². The van der Waals surface area contributed by atoms with Gasteiger partial charge in [0.15, 0.2) is 0 Å². The first-order chi connectivity index (χ1) is 12.9. The Hall–Kier alpha value is 1.51. The Morgan fingerprint density at radius 1 is 0.679 bits per heavy atom. The largest absolute Gasteiger partial charge is 1.00 e. The van der Waals surface area contributed by atoms with E-state index in [9.17, 15) is 18.1 Å². The van der Waals surface area contributed by atoms with Crippen molar-refractivity contribution in [1.29, 1.82) is 0 Å². The van der Waals surface area contributed by atoms with Crippen molar-refractivity contribution in [2.45, 2.75) is 141 Å². The monoisotopic (exact) mass is 444 g/mol. The van der Waals surface area contributed by atoms with Crippen LogP contribution in [0.5, 0.6) is 0 Å². The molecular formula is C22H45KO4S. The van der Waals surface area contributed by atoms with Gasteiger partial charge in [0, 0.05) is 5.25 Å². The fraction of sp³-hybridized carbons (Fsp3) is 1.00. The minimum absolute atomic E-state index is 0. The number of aliphatic hydroxyl groups is 1. The van der Waals surface area contributed by atoms with Crippen molar-refractivity contribution in [3.63, 3.8) is 0 Å². The summed E-state index contributed by atoms with van der Waals surface area (Å²) in [7, 11) is -4.09. The second-order valence-electron chi connectivity index (χ2n) is 8.27. The molecule has 2 unspecified atom stereocenters. The number of rotatable bonds is 20. The Bertz CT molecular complexity index is 415. The van der Waals surface area contributed by atoms with E-state index in [-0.39, 0.29) is 57.5 Å². The summed E-state index contributed by atoms with van der Waals surface area (Å²) in [6.45, 7) is 3.68. The molecule has 6 heteroatoms. The van der Waals surface area contributed by atoms with Gasteiger partial charge in [-0.15, -0.1) is 0 Å². The average molecular weight is 445 g/mol. The molecule has 0 aliphatic carbocycles. The summed E-state index contributed by atoms with van der Waals surface area (Å²) in [5, 5.41) is 9.06. The van der Waals surface area contributed by atoms with Gasteiger partial charge in [-0.1, -0.05) is 103 Å². The van der Waals surface area contributed by atoms with Crippen LogP contribution in [-0.4, -0.2) is 29.4 Å². The molecule has 0 amide bonds. The van der Waals surface area contributed by atoms with Crippen molar-refractivity contribution in [1.82, 2.24) is 0 Å². The van der Waals surface area contributed by atoms with Crippen LogP contribution in [0.4, 0.5) is 0 Å². The predicted octanol–water partition coefficient (Wildman–Crippen LogP) is 3.33. The summed E-state index contributed by atoms with van der Waals surface area (Å²) < 4.78 is 32.4. The molecule has 0 aliphatic heterocycles. The molecular weight excluding hydrogens is 399 g/mol. The van der Waals surface area contributed by atoms with Crippen LogP contribution >= 0.6 is 0 Å². The molecule has 0 bridgehead atoms. The van der Waals surface area contributed by atoms with Crippen LogP contribution < -0.4 is 51.4 Å². The molecule has 164 valence electrons. The first-order valence-electron chi connectivity index (χ1n) is 11.5. The molecule has 0 aromatic heterocycles. The van der Waals surface area contributed by atoms with E-state index in [4.69, 9.17) is 0 Å². The Balaban J connectivity index is 0. The molecule has 0 radical (unpaired) electrons. The SMILES string of the molecule is CCCCC(O)CCCCCCCCCCCCCCCC(C)S(=O)(=O)[O-].[K+]. The van der Waals surface area contributed by atoms with E-state index >= 15 is 0 Å². The molecule has 0 fully saturated rings. The zero-order valence-corrected chi connectivity index (χ0v) is 22.9. The third kappa shape index (κ3) is 22.2. The summed E-state index contributed by atoms with van der Waals surface area (Å²) in [5.74, 6) is 0. The van der Waals surface area contributed by atoms with Crippen LogP contribution in [0.1, 0.15) is 129 Å². The van der Waals surface area contributed by atoms with Crippen molar-refractivity contribution in [2.75, 3.05) is 0 Å². The maximum absolute atomic E-state index is 10.8. The van der Waals surface area contributed by atoms with Crippen LogP contribution in [-0.2, 0) is 10.1 Å². The second kappa shape index (κ2) is 21.7. The van der Waals surface area contributed by atoms with Gasteiger partial charge < -0.3 is 9.66 Å². The molecule has 0 aromatic carbocycles. The molecule has 0 aromatic rings. The van der Waals surface area contributed by atoms with Crippen LogP contribution in [0.3, 0.4) is 0 Å². The van der Waals surface area contributed by atoms with E-state index in [1.165, 1.54) is 77.6 Å². The molecule has 0 spiro atoms. The van der Waals surface area contributed by atoms with Gasteiger partial charge in [0.1, 0.15) is 0 Å². The number of aliphatic hydroxyl groups excluding tert-OH is 1. The first kappa shape index (κ1) is 31.7. The molecule has 0 rings (SSSR count). The van der Waals surface area contributed by atoms with Gasteiger partial charge in [-0.3, -0.25) is 0 Å². The van der Waals surface area contributed by atoms with Crippen molar-refractivity contribution < 1.29 is 69.5 Å². The third-order valence-corrected chi connectivity index (χ3v) is 6.75. The Morgan fingerprint density at radius 3 is 1.36 bits per heavy atom. The fourth-order valence-electron chi connectivity index (χ4n) is 3.48. The number of unbranched alkanes of at least 4 members (excludes halogenated alkanes) is 13. The predicted molar refractivity (Wildman–Crippen MR) is 114 cm³/mol. The third-order valence-electron chi connectivity index (χ3n) is 5.53. The Morgan fingerprint density at radius 2 is 1.00 bits per heavy atom. The Kier molecular flexibility index (Phi) is 24.6. The van der Waals surface area contributed by atoms with E-state index in [1.54, 1.807) is 0 Å². The molecule has 0 heterocycles. The molecule has 0 saturated carbocycles. The van der Waals surface area contributed by atoms with Gasteiger partial charge in [0.2, 0.25) is 0 Å². The number of hydrogen-bond acceptors (Lipinski definition) is 4. The second-order valence-corrected chi connectivity index (χ2v) is 10.1. The summed E-state index contributed by atoms with van der Waals surface area (Å²) in [5.41, 5.74) is 0. The summed E-state index contributed by atoms with van der Waals surface area (Å²) >= 11 is 0. The molecule has 0 saturated heterocycles. The number of hydrogen-bond donors (Lipinski definition) is 1. The quantitative estimate of drug-likeness (QED) is 0.177. The van der Waals surface area contributed by atoms with Gasteiger partial charge in [0.05, 0.1) is 16.2 Å². The summed E-state index contributed by atoms with van der Waals surface area (Å²) in [6.07, 6.45) is 20.6. The first-order valence-corrected chi connectivity index (χ1v) is 13.0. The van der Waals surface area contributed by atoms with Gasteiger partial charge in [0.25, 0.3) is 0 Å². The summed E-state index contributed by atoms with van der Waals surface area (Å²) in [6, 6.07) is 0. The van der Waals surface area contributed by atoms with Gasteiger partial charge in [-0.05, 0) is 26.2 Å². The zero-order chi connectivity index (χ0) is 20.4. The van der Waals surface area contributed by atoms with Crippen LogP contribution in [0.15, 0.2) is 0 Å². The minimum Gasteiger partial charge on any atom is -0.748 e. The van der Waals surface area contributed by atoms with Crippen molar-refractivity contribution in [3.05, 3.63) is 0 Å². The van der Waals surface area contributed by atoms with Crippen LogP contribution in [0.25, 0.3) is 0 Å². The molecule has 0 aliphatic rings. The normalized spacial score (nSPS) is 13.9. The van der Waals surface area contributed by atoms with Crippen molar-refractivity contribution in [2.24, 2.45) is 0 Å². The van der Waals surface area contributed by atoms with Gasteiger partial charge in [-0.25, -0.2) is 8.42 Å². The van der Waals surface area contributed by atoms with Crippen LogP contribution in [0.2, 0.25) is 0 Å². The zero-order valence-electron chi connectivity index (χ0n) is 19.0.